The first kappa shape index (κ1) is 17.7. The van der Waals surface area contributed by atoms with E-state index >= 15 is 0 Å². The molecule has 1 heterocycles. The summed E-state index contributed by atoms with van der Waals surface area (Å²) in [5.74, 6) is 1.14. The molecule has 7 heteroatoms. The summed E-state index contributed by atoms with van der Waals surface area (Å²) in [5, 5.41) is 3.41. The summed E-state index contributed by atoms with van der Waals surface area (Å²) in [6, 6.07) is 14.4. The molecule has 3 aromatic rings. The van der Waals surface area contributed by atoms with E-state index in [1.165, 1.54) is 11.3 Å². The Labute approximate surface area is 159 Å². The van der Waals surface area contributed by atoms with E-state index in [1.54, 1.807) is 36.4 Å². The largest absolute Gasteiger partial charge is 0.456 e. The van der Waals surface area contributed by atoms with Crippen molar-refractivity contribution >= 4 is 46.8 Å². The maximum Gasteiger partial charge on any atom is 0.229 e. The maximum atomic E-state index is 12.2. The minimum atomic E-state index is -0.0897. The zero-order chi connectivity index (χ0) is 17.8. The van der Waals surface area contributed by atoms with Crippen molar-refractivity contribution < 1.29 is 9.53 Å². The van der Waals surface area contributed by atoms with Gasteiger partial charge in [0.25, 0.3) is 0 Å². The number of aromatic amines is 1. The van der Waals surface area contributed by atoms with Gasteiger partial charge in [-0.25, -0.2) is 0 Å². The summed E-state index contributed by atoms with van der Waals surface area (Å²) < 4.78 is 6.41. The third-order valence-electron chi connectivity index (χ3n) is 3.45. The summed E-state index contributed by atoms with van der Waals surface area (Å²) in [6.45, 7) is 1.91. The quantitative estimate of drug-likeness (QED) is 0.546. The standard InChI is InChI=1S/C18H15ClN2O2S2/c1-11-16(25-18(24)20-11)10-17(22)21-12-6-8-13(9-7-12)23-15-5-3-2-4-14(15)19/h2-9H,10H2,1H3,(H,20,24)(H,21,22). The van der Waals surface area contributed by atoms with Crippen molar-refractivity contribution in [1.82, 2.24) is 4.98 Å². The first-order valence-electron chi connectivity index (χ1n) is 7.52. The third-order valence-corrected chi connectivity index (χ3v) is 5.10. The van der Waals surface area contributed by atoms with E-state index in [-0.39, 0.29) is 5.91 Å². The first-order chi connectivity index (χ1) is 12.0. The number of aromatic nitrogens is 1. The first-order valence-corrected chi connectivity index (χ1v) is 9.12. The molecule has 0 aliphatic heterocycles. The van der Waals surface area contributed by atoms with Crippen molar-refractivity contribution in [3.05, 3.63) is 68.1 Å². The van der Waals surface area contributed by atoms with Crippen LogP contribution in [0.15, 0.2) is 48.5 Å². The number of thiazole rings is 1. The topological polar surface area (TPSA) is 54.1 Å². The van der Waals surface area contributed by atoms with Gasteiger partial charge in [-0.15, -0.1) is 11.3 Å². The van der Waals surface area contributed by atoms with Gasteiger partial charge in [0, 0.05) is 16.3 Å². The highest BCUT2D eigenvalue weighted by Crippen LogP contribution is 2.29. The van der Waals surface area contributed by atoms with E-state index in [2.05, 4.69) is 10.3 Å². The van der Waals surface area contributed by atoms with Gasteiger partial charge in [-0.1, -0.05) is 23.7 Å². The van der Waals surface area contributed by atoms with E-state index in [4.69, 9.17) is 28.6 Å². The van der Waals surface area contributed by atoms with E-state index in [0.717, 1.165) is 10.6 Å². The number of carbonyl (C=O) groups excluding carboxylic acids is 1. The van der Waals surface area contributed by atoms with E-state index in [9.17, 15) is 4.79 Å². The summed E-state index contributed by atoms with van der Waals surface area (Å²) >= 11 is 12.6. The van der Waals surface area contributed by atoms with Crippen LogP contribution in [0.2, 0.25) is 5.02 Å². The van der Waals surface area contributed by atoms with Crippen LogP contribution >= 0.6 is 35.2 Å². The molecule has 0 saturated heterocycles. The highest BCUT2D eigenvalue weighted by atomic mass is 35.5. The number of nitrogens with one attached hydrogen (secondary N) is 2. The fourth-order valence-electron chi connectivity index (χ4n) is 2.22. The number of benzene rings is 2. The second-order valence-corrected chi connectivity index (χ2v) is 7.52. The maximum absolute atomic E-state index is 12.2. The number of hydrogen-bond acceptors (Lipinski definition) is 4. The predicted octanol–water partition coefficient (Wildman–Crippen LogP) is 5.74. The smallest absolute Gasteiger partial charge is 0.229 e. The zero-order valence-electron chi connectivity index (χ0n) is 13.3. The van der Waals surface area contributed by atoms with Gasteiger partial charge in [-0.2, -0.15) is 0 Å². The lowest BCUT2D eigenvalue weighted by atomic mass is 10.2. The molecule has 25 heavy (non-hydrogen) atoms. The van der Waals surface area contributed by atoms with Crippen LogP contribution in [0, 0.1) is 10.9 Å². The van der Waals surface area contributed by atoms with E-state index < -0.39 is 0 Å². The fourth-order valence-corrected chi connectivity index (χ4v) is 3.68. The van der Waals surface area contributed by atoms with Gasteiger partial charge in [-0.05, 0) is 55.5 Å². The molecule has 0 saturated carbocycles. The Morgan fingerprint density at radius 1 is 1.24 bits per heavy atom. The minimum Gasteiger partial charge on any atom is -0.456 e. The lowest BCUT2D eigenvalue weighted by molar-refractivity contribution is -0.115. The van der Waals surface area contributed by atoms with E-state index in [1.807, 2.05) is 19.1 Å². The SMILES string of the molecule is Cc1[nH]c(=S)sc1CC(=O)Nc1ccc(Oc2ccccc2Cl)cc1. The van der Waals surface area contributed by atoms with Crippen molar-refractivity contribution in [3.63, 3.8) is 0 Å². The molecule has 0 aliphatic carbocycles. The van der Waals surface area contributed by atoms with Crippen LogP contribution in [0.25, 0.3) is 0 Å². The minimum absolute atomic E-state index is 0.0897. The number of para-hydroxylation sites is 1. The molecule has 0 unspecified atom stereocenters. The number of carbonyl (C=O) groups is 1. The summed E-state index contributed by atoms with van der Waals surface area (Å²) in [7, 11) is 0. The van der Waals surface area contributed by atoms with Crippen LogP contribution < -0.4 is 10.1 Å². The zero-order valence-corrected chi connectivity index (χ0v) is 15.7. The van der Waals surface area contributed by atoms with E-state index in [0.29, 0.717) is 32.6 Å². The molecule has 0 aliphatic rings. The second kappa shape index (κ2) is 7.82. The molecule has 1 aromatic heterocycles. The third kappa shape index (κ3) is 4.69. The molecular formula is C18H15ClN2O2S2. The van der Waals surface area contributed by atoms with Crippen LogP contribution in [-0.2, 0) is 11.2 Å². The molecule has 2 N–H and O–H groups in total. The van der Waals surface area contributed by atoms with Gasteiger partial charge >= 0.3 is 0 Å². The summed E-state index contributed by atoms with van der Waals surface area (Å²) in [4.78, 5) is 16.1. The van der Waals surface area contributed by atoms with Gasteiger partial charge in [0.15, 0.2) is 3.95 Å². The number of halogens is 1. The molecule has 0 atom stereocenters. The van der Waals surface area contributed by atoms with Gasteiger partial charge in [0.2, 0.25) is 5.91 Å². The number of H-pyrrole nitrogens is 1. The van der Waals surface area contributed by atoms with Gasteiger partial charge < -0.3 is 15.0 Å². The Hall–Kier alpha value is -2.15. The lowest BCUT2D eigenvalue weighted by Gasteiger charge is -2.09. The summed E-state index contributed by atoms with van der Waals surface area (Å²) in [5.41, 5.74) is 1.64. The van der Waals surface area contributed by atoms with Crippen LogP contribution in [0.5, 0.6) is 11.5 Å². The molecular weight excluding hydrogens is 376 g/mol. The van der Waals surface area contributed by atoms with Crippen LogP contribution in [-0.4, -0.2) is 10.9 Å². The average molecular weight is 391 g/mol. The molecule has 0 radical (unpaired) electrons. The Balaban J connectivity index is 1.62. The molecule has 0 bridgehead atoms. The number of aryl methyl sites for hydroxylation is 1. The number of rotatable bonds is 5. The fraction of sp³-hybridized carbons (Fsp3) is 0.111. The normalized spacial score (nSPS) is 10.5. The van der Waals surface area contributed by atoms with Crippen molar-refractivity contribution in [2.45, 2.75) is 13.3 Å². The van der Waals surface area contributed by atoms with Crippen molar-refractivity contribution in [1.29, 1.82) is 0 Å². The monoisotopic (exact) mass is 390 g/mol. The molecule has 128 valence electrons. The highest BCUT2D eigenvalue weighted by molar-refractivity contribution is 7.73. The number of anilines is 1. The second-order valence-electron chi connectivity index (χ2n) is 5.34. The highest BCUT2D eigenvalue weighted by Gasteiger charge is 2.09. The van der Waals surface area contributed by atoms with Gasteiger partial charge in [0.1, 0.15) is 11.5 Å². The van der Waals surface area contributed by atoms with Crippen molar-refractivity contribution in [2.24, 2.45) is 0 Å². The predicted molar refractivity (Wildman–Crippen MR) is 105 cm³/mol. The Bertz CT molecular complexity index is 948. The molecule has 0 fully saturated rings. The lowest BCUT2D eigenvalue weighted by Crippen LogP contribution is -2.14. The van der Waals surface area contributed by atoms with Gasteiger partial charge in [0.05, 0.1) is 11.4 Å². The van der Waals surface area contributed by atoms with Gasteiger partial charge in [-0.3, -0.25) is 4.79 Å². The Morgan fingerprint density at radius 2 is 1.96 bits per heavy atom. The number of hydrogen-bond donors (Lipinski definition) is 2. The van der Waals surface area contributed by atoms with Crippen molar-refractivity contribution in [2.75, 3.05) is 5.32 Å². The molecule has 3 rings (SSSR count). The van der Waals surface area contributed by atoms with Crippen molar-refractivity contribution in [3.8, 4) is 11.5 Å². The Kier molecular flexibility index (Phi) is 5.53. The molecule has 2 aromatic carbocycles. The Morgan fingerprint density at radius 3 is 2.60 bits per heavy atom. The number of amides is 1. The van der Waals surface area contributed by atoms with Crippen LogP contribution in [0.3, 0.4) is 0 Å². The molecule has 1 amide bonds. The molecule has 0 spiro atoms. The van der Waals surface area contributed by atoms with Crippen LogP contribution in [0.4, 0.5) is 5.69 Å². The molecule has 4 nitrogen and oxygen atoms in total. The number of ether oxygens (including phenoxy) is 1. The van der Waals surface area contributed by atoms with Crippen LogP contribution in [0.1, 0.15) is 10.6 Å². The average Bonchev–Trinajstić information content (AvgIpc) is 2.88. The summed E-state index contributed by atoms with van der Waals surface area (Å²) in [6.07, 6.45) is 0.293.